The van der Waals surface area contributed by atoms with Crippen molar-refractivity contribution in [2.45, 2.75) is 19.4 Å². The van der Waals surface area contributed by atoms with E-state index >= 15 is 0 Å². The topological polar surface area (TPSA) is 75.6 Å². The van der Waals surface area contributed by atoms with Gasteiger partial charge in [-0.05, 0) is 24.1 Å². The summed E-state index contributed by atoms with van der Waals surface area (Å²) in [6.45, 7) is 2.91. The van der Waals surface area contributed by atoms with E-state index in [1.54, 1.807) is 0 Å². The van der Waals surface area contributed by atoms with Crippen LogP contribution in [0.4, 0.5) is 0 Å². The predicted octanol–water partition coefficient (Wildman–Crippen LogP) is 0.623. The van der Waals surface area contributed by atoms with Gasteiger partial charge in [0, 0.05) is 19.3 Å². The first-order valence-corrected chi connectivity index (χ1v) is 8.75. The van der Waals surface area contributed by atoms with Gasteiger partial charge < -0.3 is 15.2 Å². The number of hydrogen-bond acceptors (Lipinski definition) is 5. The number of nitrogens with one attached hydrogen (secondary N) is 1. The van der Waals surface area contributed by atoms with Crippen molar-refractivity contribution in [3.63, 3.8) is 0 Å². The van der Waals surface area contributed by atoms with Gasteiger partial charge in [0.25, 0.3) is 0 Å². The van der Waals surface area contributed by atoms with Crippen molar-refractivity contribution in [2.24, 2.45) is 0 Å². The molecule has 2 N–H and O–H groups in total. The molecule has 0 heterocycles. The van der Waals surface area contributed by atoms with E-state index in [1.807, 2.05) is 24.3 Å². The van der Waals surface area contributed by atoms with Crippen molar-refractivity contribution >= 4 is 9.84 Å². The van der Waals surface area contributed by atoms with Crippen LogP contribution in [0, 0.1) is 0 Å². The Morgan fingerprint density at radius 2 is 1.95 bits per heavy atom. The van der Waals surface area contributed by atoms with Gasteiger partial charge in [-0.25, -0.2) is 8.42 Å². The Hall–Kier alpha value is -1.11. The van der Waals surface area contributed by atoms with Gasteiger partial charge in [0.15, 0.2) is 0 Å². The number of sulfone groups is 1. The van der Waals surface area contributed by atoms with E-state index in [0.717, 1.165) is 12.2 Å². The molecule has 20 heavy (non-hydrogen) atoms. The smallest absolute Gasteiger partial charge is 0.148 e. The molecule has 114 valence electrons. The molecule has 0 aliphatic carbocycles. The molecule has 0 spiro atoms. The van der Waals surface area contributed by atoms with Crippen LogP contribution in [0.25, 0.3) is 0 Å². The van der Waals surface area contributed by atoms with Crippen molar-refractivity contribution in [1.82, 2.24) is 5.32 Å². The van der Waals surface area contributed by atoms with Gasteiger partial charge in [0.2, 0.25) is 0 Å². The Morgan fingerprint density at radius 1 is 1.30 bits per heavy atom. The lowest BCUT2D eigenvalue weighted by molar-refractivity contribution is 0.107. The number of ether oxygens (including phenoxy) is 1. The Labute approximate surface area is 120 Å². The maximum Gasteiger partial charge on any atom is 0.148 e. The zero-order valence-corrected chi connectivity index (χ0v) is 12.8. The summed E-state index contributed by atoms with van der Waals surface area (Å²) in [7, 11) is -2.96. The molecule has 6 heteroatoms. The maximum atomic E-state index is 10.9. The van der Waals surface area contributed by atoms with Crippen molar-refractivity contribution < 1.29 is 18.3 Å². The molecule has 0 bridgehead atoms. The number of aliphatic hydroxyl groups excluding tert-OH is 1. The molecular weight excluding hydrogens is 278 g/mol. The molecule has 0 fully saturated rings. The summed E-state index contributed by atoms with van der Waals surface area (Å²) in [5.41, 5.74) is 1.24. The highest BCUT2D eigenvalue weighted by atomic mass is 32.2. The van der Waals surface area contributed by atoms with Crippen LogP contribution in [-0.4, -0.2) is 51.3 Å². The summed E-state index contributed by atoms with van der Waals surface area (Å²) < 4.78 is 27.3. The van der Waals surface area contributed by atoms with Crippen LogP contribution >= 0.6 is 0 Å². The summed E-state index contributed by atoms with van der Waals surface area (Å²) >= 11 is 0. The summed E-state index contributed by atoms with van der Waals surface area (Å²) in [5, 5.41) is 12.6. The SMILES string of the molecule is CCc1ccc(OCC(O)CNCCS(C)(=O)=O)cc1. The zero-order chi connectivity index (χ0) is 15.0. The molecule has 5 nitrogen and oxygen atoms in total. The molecule has 0 radical (unpaired) electrons. The molecular formula is C14H23NO4S. The fourth-order valence-corrected chi connectivity index (χ4v) is 2.11. The van der Waals surface area contributed by atoms with Gasteiger partial charge in [0.1, 0.15) is 28.3 Å². The van der Waals surface area contributed by atoms with Gasteiger partial charge in [-0.1, -0.05) is 19.1 Å². The summed E-state index contributed by atoms with van der Waals surface area (Å²) in [5.74, 6) is 0.788. The second kappa shape index (κ2) is 8.24. The number of rotatable bonds is 9. The minimum absolute atomic E-state index is 0.0685. The average Bonchev–Trinajstić information content (AvgIpc) is 2.41. The molecule has 0 amide bonds. The molecule has 1 rings (SSSR count). The van der Waals surface area contributed by atoms with Crippen LogP contribution in [0.1, 0.15) is 12.5 Å². The number of hydrogen-bond donors (Lipinski definition) is 2. The lowest BCUT2D eigenvalue weighted by Crippen LogP contribution is -2.34. The van der Waals surface area contributed by atoms with Crippen molar-refractivity contribution in [3.8, 4) is 5.75 Å². The highest BCUT2D eigenvalue weighted by Gasteiger charge is 2.06. The quantitative estimate of drug-likeness (QED) is 0.654. The summed E-state index contributed by atoms with van der Waals surface area (Å²) in [6, 6.07) is 7.74. The van der Waals surface area contributed by atoms with E-state index in [-0.39, 0.29) is 12.4 Å². The highest BCUT2D eigenvalue weighted by Crippen LogP contribution is 2.12. The van der Waals surface area contributed by atoms with Crippen molar-refractivity contribution in [3.05, 3.63) is 29.8 Å². The third-order valence-corrected chi connectivity index (χ3v) is 3.75. The van der Waals surface area contributed by atoms with E-state index in [9.17, 15) is 13.5 Å². The summed E-state index contributed by atoms with van der Waals surface area (Å²) in [6.07, 6.45) is 1.50. The van der Waals surface area contributed by atoms with Gasteiger partial charge in [-0.15, -0.1) is 0 Å². The first kappa shape index (κ1) is 16.9. The normalized spacial score (nSPS) is 13.2. The molecule has 1 aromatic rings. The molecule has 0 aromatic heterocycles. The van der Waals surface area contributed by atoms with Crippen molar-refractivity contribution in [1.29, 1.82) is 0 Å². The van der Waals surface area contributed by atoms with E-state index in [0.29, 0.717) is 13.1 Å². The Kier molecular flexibility index (Phi) is 6.98. The van der Waals surface area contributed by atoms with Gasteiger partial charge in [-0.3, -0.25) is 0 Å². The number of benzene rings is 1. The molecule has 0 saturated carbocycles. The molecule has 0 aliphatic rings. The predicted molar refractivity (Wildman–Crippen MR) is 79.9 cm³/mol. The molecule has 1 aromatic carbocycles. The molecule has 1 atom stereocenters. The van der Waals surface area contributed by atoms with Crippen LogP contribution in [-0.2, 0) is 16.3 Å². The largest absolute Gasteiger partial charge is 0.491 e. The molecule has 0 saturated heterocycles. The molecule has 0 aliphatic heterocycles. The second-order valence-electron chi connectivity index (χ2n) is 4.80. The first-order chi connectivity index (χ1) is 9.40. The fraction of sp³-hybridized carbons (Fsp3) is 0.571. The first-order valence-electron chi connectivity index (χ1n) is 6.69. The van der Waals surface area contributed by atoms with Crippen LogP contribution in [0.2, 0.25) is 0 Å². The van der Waals surface area contributed by atoms with E-state index in [1.165, 1.54) is 11.8 Å². The third kappa shape index (κ3) is 7.47. The second-order valence-corrected chi connectivity index (χ2v) is 7.06. The van der Waals surface area contributed by atoms with E-state index < -0.39 is 15.9 Å². The third-order valence-electron chi connectivity index (χ3n) is 2.80. The number of aryl methyl sites for hydroxylation is 1. The Balaban J connectivity index is 2.20. The number of aliphatic hydroxyl groups is 1. The molecule has 1 unspecified atom stereocenters. The minimum atomic E-state index is -2.96. The van der Waals surface area contributed by atoms with Crippen molar-refractivity contribution in [2.75, 3.05) is 31.7 Å². The van der Waals surface area contributed by atoms with E-state index in [2.05, 4.69) is 12.2 Å². The maximum absolute atomic E-state index is 10.9. The van der Waals surface area contributed by atoms with Crippen LogP contribution in [0.3, 0.4) is 0 Å². The fourth-order valence-electron chi connectivity index (χ4n) is 1.60. The lowest BCUT2D eigenvalue weighted by atomic mass is 10.2. The zero-order valence-electron chi connectivity index (χ0n) is 12.0. The van der Waals surface area contributed by atoms with E-state index in [4.69, 9.17) is 4.74 Å². The highest BCUT2D eigenvalue weighted by molar-refractivity contribution is 7.90. The lowest BCUT2D eigenvalue weighted by Gasteiger charge is -2.13. The average molecular weight is 301 g/mol. The van der Waals surface area contributed by atoms with Crippen LogP contribution < -0.4 is 10.1 Å². The van der Waals surface area contributed by atoms with Gasteiger partial charge in [-0.2, -0.15) is 0 Å². The monoisotopic (exact) mass is 301 g/mol. The Morgan fingerprint density at radius 3 is 2.50 bits per heavy atom. The Bertz CT molecular complexity index is 484. The van der Waals surface area contributed by atoms with Crippen LogP contribution in [0.15, 0.2) is 24.3 Å². The standard InChI is InChI=1S/C14H23NO4S/c1-3-12-4-6-14(7-5-12)19-11-13(16)10-15-8-9-20(2,17)18/h4-7,13,15-16H,3,8-11H2,1-2H3. The minimum Gasteiger partial charge on any atom is -0.491 e. The van der Waals surface area contributed by atoms with Crippen LogP contribution in [0.5, 0.6) is 5.75 Å². The van der Waals surface area contributed by atoms with Gasteiger partial charge >= 0.3 is 0 Å². The van der Waals surface area contributed by atoms with Gasteiger partial charge in [0.05, 0.1) is 5.75 Å². The summed E-state index contributed by atoms with van der Waals surface area (Å²) in [4.78, 5) is 0.